The summed E-state index contributed by atoms with van der Waals surface area (Å²) in [6, 6.07) is 6.71. The number of esters is 1. The van der Waals surface area contributed by atoms with Crippen LogP contribution in [0.3, 0.4) is 0 Å². The molecule has 0 aliphatic carbocycles. The molecule has 1 fully saturated rings. The van der Waals surface area contributed by atoms with Gasteiger partial charge in [-0.3, -0.25) is 4.79 Å². The van der Waals surface area contributed by atoms with Crippen LogP contribution in [0.25, 0.3) is 0 Å². The van der Waals surface area contributed by atoms with Gasteiger partial charge in [0.2, 0.25) is 10.0 Å². The van der Waals surface area contributed by atoms with Crippen molar-refractivity contribution in [3.63, 3.8) is 0 Å². The molecule has 1 saturated heterocycles. The highest BCUT2D eigenvalue weighted by Crippen LogP contribution is 2.22. The zero-order valence-electron chi connectivity index (χ0n) is 16.2. The van der Waals surface area contributed by atoms with Gasteiger partial charge in [0.1, 0.15) is 10.7 Å². The lowest BCUT2D eigenvalue weighted by Gasteiger charge is -2.26. The molecule has 8 nitrogen and oxygen atoms in total. The third kappa shape index (κ3) is 5.22. The standard InChI is InChI=1S/C19H21FN2O6S2/c1-21(12-15-3-2-10-29-15)18(23)13-28-19(24)14-4-5-16(20)17(11-14)30(25,26)22-6-8-27-9-7-22/h2-5,10-11H,6-9,12-13H2,1H3. The average molecular weight is 457 g/mol. The summed E-state index contributed by atoms with van der Waals surface area (Å²) < 4.78 is 50.9. The number of rotatable bonds is 7. The lowest BCUT2D eigenvalue weighted by atomic mass is 10.2. The van der Waals surface area contributed by atoms with E-state index in [0.29, 0.717) is 6.54 Å². The number of thiophene rings is 1. The van der Waals surface area contributed by atoms with Gasteiger partial charge in [-0.1, -0.05) is 6.07 Å². The molecule has 0 radical (unpaired) electrons. The van der Waals surface area contributed by atoms with Gasteiger partial charge in [0.25, 0.3) is 5.91 Å². The van der Waals surface area contributed by atoms with Crippen LogP contribution in [0.1, 0.15) is 15.2 Å². The first-order valence-electron chi connectivity index (χ1n) is 9.10. The smallest absolute Gasteiger partial charge is 0.338 e. The number of sulfonamides is 1. The maximum absolute atomic E-state index is 14.2. The molecule has 2 aromatic rings. The Balaban J connectivity index is 1.66. The van der Waals surface area contributed by atoms with Crippen molar-refractivity contribution in [2.45, 2.75) is 11.4 Å². The lowest BCUT2D eigenvalue weighted by Crippen LogP contribution is -2.41. The minimum absolute atomic E-state index is 0.0987. The molecule has 0 spiro atoms. The topological polar surface area (TPSA) is 93.2 Å². The Morgan fingerprint density at radius 2 is 2.00 bits per heavy atom. The van der Waals surface area contributed by atoms with Crippen molar-refractivity contribution in [3.05, 3.63) is 52.0 Å². The molecule has 0 saturated carbocycles. The fourth-order valence-electron chi connectivity index (χ4n) is 2.80. The van der Waals surface area contributed by atoms with Gasteiger partial charge in [-0.15, -0.1) is 11.3 Å². The Morgan fingerprint density at radius 3 is 2.67 bits per heavy atom. The van der Waals surface area contributed by atoms with Crippen molar-refractivity contribution >= 4 is 33.2 Å². The Bertz CT molecular complexity index is 1000. The highest BCUT2D eigenvalue weighted by atomic mass is 32.2. The molecule has 0 atom stereocenters. The average Bonchev–Trinajstić information content (AvgIpc) is 3.25. The fraction of sp³-hybridized carbons (Fsp3) is 0.368. The van der Waals surface area contributed by atoms with Gasteiger partial charge in [-0.25, -0.2) is 17.6 Å². The number of hydrogen-bond acceptors (Lipinski definition) is 7. The van der Waals surface area contributed by atoms with Gasteiger partial charge < -0.3 is 14.4 Å². The third-order valence-electron chi connectivity index (χ3n) is 4.48. The molecule has 30 heavy (non-hydrogen) atoms. The van der Waals surface area contributed by atoms with E-state index in [-0.39, 0.29) is 31.9 Å². The number of ether oxygens (including phenoxy) is 2. The zero-order chi connectivity index (χ0) is 21.7. The minimum atomic E-state index is -4.13. The molecule has 11 heteroatoms. The Hall–Kier alpha value is -2.34. The first-order chi connectivity index (χ1) is 14.3. The number of carbonyl (C=O) groups excluding carboxylic acids is 2. The summed E-state index contributed by atoms with van der Waals surface area (Å²) in [7, 11) is -2.54. The Morgan fingerprint density at radius 1 is 1.27 bits per heavy atom. The van der Waals surface area contributed by atoms with Gasteiger partial charge in [-0.05, 0) is 29.6 Å². The summed E-state index contributed by atoms with van der Waals surface area (Å²) in [5.41, 5.74) is -0.156. The predicted octanol–water partition coefficient (Wildman–Crippen LogP) is 1.72. The number of nitrogens with zero attached hydrogens (tertiary/aromatic N) is 2. The van der Waals surface area contributed by atoms with Crippen LogP contribution in [0.4, 0.5) is 4.39 Å². The van der Waals surface area contributed by atoms with Crippen LogP contribution in [-0.4, -0.2) is 69.5 Å². The van der Waals surface area contributed by atoms with Crippen molar-refractivity contribution in [2.75, 3.05) is 40.0 Å². The molecule has 1 aromatic heterocycles. The molecule has 162 valence electrons. The van der Waals surface area contributed by atoms with Gasteiger partial charge in [0.15, 0.2) is 6.61 Å². The third-order valence-corrected chi connectivity index (χ3v) is 7.26. The van der Waals surface area contributed by atoms with E-state index in [2.05, 4.69) is 0 Å². The van der Waals surface area contributed by atoms with Crippen LogP contribution in [0, 0.1) is 5.82 Å². The molecular weight excluding hydrogens is 435 g/mol. The molecule has 1 aliphatic rings. The number of amides is 1. The van der Waals surface area contributed by atoms with E-state index in [4.69, 9.17) is 9.47 Å². The van der Waals surface area contributed by atoms with Crippen LogP contribution in [0.15, 0.2) is 40.6 Å². The first-order valence-corrected chi connectivity index (χ1v) is 11.4. The Labute approximate surface area is 177 Å². The molecule has 1 aliphatic heterocycles. The number of halogens is 1. The summed E-state index contributed by atoms with van der Waals surface area (Å²) in [5.74, 6) is -2.30. The van der Waals surface area contributed by atoms with E-state index < -0.39 is 39.2 Å². The quantitative estimate of drug-likeness (QED) is 0.589. The second kappa shape index (κ2) is 9.65. The number of benzene rings is 1. The monoisotopic (exact) mass is 456 g/mol. The number of likely N-dealkylation sites (N-methyl/N-ethyl adjacent to an activating group) is 1. The maximum Gasteiger partial charge on any atom is 0.338 e. The molecule has 1 amide bonds. The lowest BCUT2D eigenvalue weighted by molar-refractivity contribution is -0.133. The molecule has 0 unspecified atom stereocenters. The number of carbonyl (C=O) groups is 2. The molecule has 0 bridgehead atoms. The highest BCUT2D eigenvalue weighted by Gasteiger charge is 2.30. The van der Waals surface area contributed by atoms with E-state index in [1.54, 1.807) is 7.05 Å². The van der Waals surface area contributed by atoms with E-state index in [1.807, 2.05) is 17.5 Å². The molecule has 1 aromatic carbocycles. The van der Waals surface area contributed by atoms with Crippen molar-refractivity contribution in [3.8, 4) is 0 Å². The fourth-order valence-corrected chi connectivity index (χ4v) is 5.05. The minimum Gasteiger partial charge on any atom is -0.452 e. The van der Waals surface area contributed by atoms with Crippen molar-refractivity contribution < 1.29 is 31.9 Å². The highest BCUT2D eigenvalue weighted by molar-refractivity contribution is 7.89. The largest absolute Gasteiger partial charge is 0.452 e. The normalized spacial score (nSPS) is 15.0. The van der Waals surface area contributed by atoms with Crippen LogP contribution < -0.4 is 0 Å². The molecule has 3 rings (SSSR count). The van der Waals surface area contributed by atoms with Crippen molar-refractivity contribution in [1.82, 2.24) is 9.21 Å². The van der Waals surface area contributed by atoms with Crippen molar-refractivity contribution in [1.29, 1.82) is 0 Å². The maximum atomic E-state index is 14.2. The SMILES string of the molecule is CN(Cc1cccs1)C(=O)COC(=O)c1ccc(F)c(S(=O)(=O)N2CCOCC2)c1. The van der Waals surface area contributed by atoms with E-state index in [0.717, 1.165) is 27.4 Å². The summed E-state index contributed by atoms with van der Waals surface area (Å²) >= 11 is 1.50. The van der Waals surface area contributed by atoms with Crippen LogP contribution in [0.5, 0.6) is 0 Å². The van der Waals surface area contributed by atoms with Crippen molar-refractivity contribution in [2.24, 2.45) is 0 Å². The Kier molecular flexibility index (Phi) is 7.19. The number of morpholine rings is 1. The van der Waals surface area contributed by atoms with Crippen LogP contribution >= 0.6 is 11.3 Å². The first kappa shape index (κ1) is 22.3. The van der Waals surface area contributed by atoms with Crippen LogP contribution in [0.2, 0.25) is 0 Å². The van der Waals surface area contributed by atoms with E-state index in [9.17, 15) is 22.4 Å². The van der Waals surface area contributed by atoms with Gasteiger partial charge in [-0.2, -0.15) is 4.31 Å². The van der Waals surface area contributed by atoms with Gasteiger partial charge in [0.05, 0.1) is 25.3 Å². The van der Waals surface area contributed by atoms with Gasteiger partial charge in [0, 0.05) is 25.0 Å². The molecule has 0 N–H and O–H groups in total. The summed E-state index contributed by atoms with van der Waals surface area (Å²) in [6.45, 7) is 0.493. The molecular formula is C19H21FN2O6S2. The second-order valence-electron chi connectivity index (χ2n) is 6.57. The predicted molar refractivity (Wildman–Crippen MR) is 107 cm³/mol. The summed E-state index contributed by atoms with van der Waals surface area (Å²) in [6.07, 6.45) is 0. The van der Waals surface area contributed by atoms with Crippen LogP contribution in [-0.2, 0) is 30.8 Å². The second-order valence-corrected chi connectivity index (χ2v) is 9.51. The van der Waals surface area contributed by atoms with E-state index in [1.165, 1.54) is 16.2 Å². The van der Waals surface area contributed by atoms with Gasteiger partial charge >= 0.3 is 5.97 Å². The summed E-state index contributed by atoms with van der Waals surface area (Å²) in [5, 5.41) is 1.89. The number of hydrogen-bond donors (Lipinski definition) is 0. The van der Waals surface area contributed by atoms with E-state index >= 15 is 0 Å². The molecule has 2 heterocycles. The summed E-state index contributed by atoms with van der Waals surface area (Å²) in [4.78, 5) is 26.3. The zero-order valence-corrected chi connectivity index (χ0v) is 17.9.